The van der Waals surface area contributed by atoms with Gasteiger partial charge in [-0.2, -0.15) is 8.78 Å². The molecule has 0 saturated carbocycles. The Morgan fingerprint density at radius 2 is 1.71 bits per heavy atom. The molecular weight excluding hydrogens is 518 g/mol. The van der Waals surface area contributed by atoms with Crippen LogP contribution in [-0.2, 0) is 16.4 Å². The second-order valence-electron chi connectivity index (χ2n) is 8.58. The molecule has 1 saturated heterocycles. The first-order valence-electron chi connectivity index (χ1n) is 11.6. The van der Waals surface area contributed by atoms with Crippen molar-refractivity contribution in [2.45, 2.75) is 13.0 Å². The lowest BCUT2D eigenvalue weighted by molar-refractivity contribution is 0.116. The highest BCUT2D eigenvalue weighted by Gasteiger charge is 2.29. The Hall–Kier alpha value is -4.26. The summed E-state index contributed by atoms with van der Waals surface area (Å²) < 4.78 is 54.3. The van der Waals surface area contributed by atoms with Crippen molar-refractivity contribution >= 4 is 21.6 Å². The van der Waals surface area contributed by atoms with E-state index >= 15 is 0 Å². The molecule has 0 radical (unpaired) electrons. The van der Waals surface area contributed by atoms with Crippen LogP contribution in [0.15, 0.2) is 71.5 Å². The molecule has 1 aliphatic rings. The van der Waals surface area contributed by atoms with E-state index < -0.39 is 22.2 Å². The van der Waals surface area contributed by atoms with Gasteiger partial charge in [-0.3, -0.25) is 14.9 Å². The molecule has 196 valence electrons. The van der Waals surface area contributed by atoms with E-state index in [4.69, 9.17) is 4.42 Å². The number of sulfone groups is 1. The van der Waals surface area contributed by atoms with Crippen LogP contribution in [0, 0.1) is 0 Å². The van der Waals surface area contributed by atoms with Gasteiger partial charge in [0.15, 0.2) is 9.84 Å². The summed E-state index contributed by atoms with van der Waals surface area (Å²) >= 11 is 0. The maximum Gasteiger partial charge on any atom is 0.324 e. The van der Waals surface area contributed by atoms with Crippen LogP contribution in [0.5, 0.6) is 0 Å². The van der Waals surface area contributed by atoms with E-state index in [0.29, 0.717) is 16.9 Å². The number of alkyl halides is 2. The summed E-state index contributed by atoms with van der Waals surface area (Å²) in [5.41, 5.74) is 3.31. The molecular formula is C25H22F2N6O4S. The maximum absolute atomic E-state index is 13.5. The van der Waals surface area contributed by atoms with Crippen molar-refractivity contribution in [1.29, 1.82) is 0 Å². The van der Waals surface area contributed by atoms with Crippen LogP contribution in [0.3, 0.4) is 0 Å². The molecule has 38 heavy (non-hydrogen) atoms. The van der Waals surface area contributed by atoms with Crippen molar-refractivity contribution < 1.29 is 26.4 Å². The molecule has 0 bridgehead atoms. The second kappa shape index (κ2) is 10.6. The van der Waals surface area contributed by atoms with Crippen LogP contribution in [0.4, 0.5) is 19.3 Å². The monoisotopic (exact) mass is 540 g/mol. The summed E-state index contributed by atoms with van der Waals surface area (Å²) in [6, 6.07) is 14.0. The Morgan fingerprint density at radius 3 is 2.32 bits per heavy atom. The lowest BCUT2D eigenvalue weighted by Gasteiger charge is -2.33. The second-order valence-corrected chi connectivity index (χ2v) is 10.9. The third-order valence-electron chi connectivity index (χ3n) is 6.04. The largest absolute Gasteiger partial charge is 0.415 e. The first kappa shape index (κ1) is 25.4. The molecule has 1 aliphatic heterocycles. The van der Waals surface area contributed by atoms with E-state index in [9.17, 15) is 22.0 Å². The summed E-state index contributed by atoms with van der Waals surface area (Å²) in [6.07, 6.45) is 1.95. The molecule has 0 atom stereocenters. The number of urea groups is 1. The lowest BCUT2D eigenvalue weighted by atomic mass is 10.1. The topological polar surface area (TPSA) is 122 Å². The van der Waals surface area contributed by atoms with Crippen molar-refractivity contribution in [2.24, 2.45) is 0 Å². The number of rotatable bonds is 6. The predicted octanol–water partition coefficient (Wildman–Crippen LogP) is 3.99. The van der Waals surface area contributed by atoms with E-state index in [2.05, 4.69) is 20.2 Å². The first-order chi connectivity index (χ1) is 18.3. The average Bonchev–Trinajstić information content (AvgIpc) is 3.43. The maximum atomic E-state index is 13.5. The number of anilines is 1. The Labute approximate surface area is 216 Å². The molecule has 13 heteroatoms. The van der Waals surface area contributed by atoms with Gasteiger partial charge in [0.25, 0.3) is 5.89 Å². The van der Waals surface area contributed by atoms with E-state index in [1.807, 2.05) is 24.3 Å². The number of benzene rings is 1. The fourth-order valence-electron chi connectivity index (χ4n) is 3.96. The number of halogens is 2. The molecule has 0 aliphatic carbocycles. The summed E-state index contributed by atoms with van der Waals surface area (Å²) in [7, 11) is -3.17. The number of hydrogen-bond acceptors (Lipinski definition) is 8. The molecule has 3 aromatic heterocycles. The zero-order valence-electron chi connectivity index (χ0n) is 19.9. The normalized spacial score (nSPS) is 15.0. The Bertz CT molecular complexity index is 1500. The quantitative estimate of drug-likeness (QED) is 0.360. The van der Waals surface area contributed by atoms with E-state index in [1.165, 1.54) is 16.0 Å². The third kappa shape index (κ3) is 5.67. The van der Waals surface area contributed by atoms with Crippen LogP contribution in [-0.4, -0.2) is 64.1 Å². The van der Waals surface area contributed by atoms with Crippen LogP contribution >= 0.6 is 0 Å². The van der Waals surface area contributed by atoms with Gasteiger partial charge in [0.1, 0.15) is 0 Å². The highest BCUT2D eigenvalue weighted by atomic mass is 32.2. The highest BCUT2D eigenvalue weighted by Crippen LogP contribution is 2.26. The minimum Gasteiger partial charge on any atom is -0.415 e. The fraction of sp³-hybridized carbons (Fsp3) is 0.240. The van der Waals surface area contributed by atoms with Gasteiger partial charge >= 0.3 is 12.5 Å². The van der Waals surface area contributed by atoms with Crippen LogP contribution in [0.25, 0.3) is 22.6 Å². The Kier molecular flexibility index (Phi) is 7.09. The Morgan fingerprint density at radius 1 is 0.974 bits per heavy atom. The highest BCUT2D eigenvalue weighted by molar-refractivity contribution is 7.91. The fourth-order valence-corrected chi connectivity index (χ4v) is 5.16. The zero-order valence-corrected chi connectivity index (χ0v) is 20.8. The molecule has 4 aromatic rings. The molecule has 0 unspecified atom stereocenters. The van der Waals surface area contributed by atoms with Crippen LogP contribution in [0.2, 0.25) is 0 Å². The van der Waals surface area contributed by atoms with Gasteiger partial charge in [-0.1, -0.05) is 18.2 Å². The van der Waals surface area contributed by atoms with Gasteiger partial charge in [-0.05, 0) is 41.5 Å². The van der Waals surface area contributed by atoms with E-state index in [0.717, 1.165) is 11.1 Å². The number of aromatic nitrogens is 4. The Balaban J connectivity index is 1.40. The number of amides is 2. The third-order valence-corrected chi connectivity index (χ3v) is 7.65. The molecule has 0 N–H and O–H groups in total. The van der Waals surface area contributed by atoms with Gasteiger partial charge in [-0.15, -0.1) is 10.2 Å². The molecule has 4 heterocycles. The molecule has 2 amide bonds. The van der Waals surface area contributed by atoms with Crippen molar-refractivity contribution in [3.8, 4) is 22.6 Å². The van der Waals surface area contributed by atoms with Crippen molar-refractivity contribution in [2.75, 3.05) is 29.5 Å². The number of carbonyl (C=O) groups excluding carboxylic acids is 1. The van der Waals surface area contributed by atoms with E-state index in [1.54, 1.807) is 36.7 Å². The molecule has 0 spiro atoms. The number of hydrogen-bond donors (Lipinski definition) is 0. The average molecular weight is 541 g/mol. The molecule has 1 fully saturated rings. The van der Waals surface area contributed by atoms with Crippen LogP contribution < -0.4 is 4.90 Å². The smallest absolute Gasteiger partial charge is 0.324 e. The number of pyridine rings is 2. The molecule has 1 aromatic carbocycles. The molecule has 5 rings (SSSR count). The SMILES string of the molecule is O=C(N1CCS(=O)(=O)CC1)N(Cc1ccc(-c2nnc(C(F)F)o2)cn1)c1ccc(-c2cccnc2)cc1. The van der Waals surface area contributed by atoms with Crippen LogP contribution in [0.1, 0.15) is 18.0 Å². The van der Waals surface area contributed by atoms with Gasteiger partial charge in [-0.25, -0.2) is 13.2 Å². The minimum atomic E-state index is -3.17. The summed E-state index contributed by atoms with van der Waals surface area (Å²) in [6.45, 7) is 0.281. The van der Waals surface area contributed by atoms with Gasteiger partial charge in [0.2, 0.25) is 5.89 Å². The lowest BCUT2D eigenvalue weighted by Crippen LogP contribution is -2.49. The summed E-state index contributed by atoms with van der Waals surface area (Å²) in [5, 5.41) is 6.94. The minimum absolute atomic E-state index is 0.0840. The molecule has 10 nitrogen and oxygen atoms in total. The van der Waals surface area contributed by atoms with Crippen molar-refractivity contribution in [3.05, 3.63) is 78.7 Å². The van der Waals surface area contributed by atoms with Crippen molar-refractivity contribution in [1.82, 2.24) is 25.1 Å². The standard InChI is InChI=1S/C25H22F2N6O4S/c26-22(27)24-31-30-23(37-24)19-3-6-20(29-15-19)16-33(25(34)32-10-12-38(35,36)13-11-32)21-7-4-17(5-8-21)18-2-1-9-28-14-18/h1-9,14-15,22H,10-13,16H2. The van der Waals surface area contributed by atoms with Gasteiger partial charge in [0.05, 0.1) is 29.3 Å². The number of nitrogens with zero attached hydrogens (tertiary/aromatic N) is 6. The van der Waals surface area contributed by atoms with Gasteiger partial charge < -0.3 is 9.32 Å². The zero-order chi connectivity index (χ0) is 26.7. The van der Waals surface area contributed by atoms with Gasteiger partial charge in [0, 0.05) is 37.4 Å². The van der Waals surface area contributed by atoms with E-state index in [-0.39, 0.29) is 43.1 Å². The number of carbonyl (C=O) groups is 1. The first-order valence-corrected chi connectivity index (χ1v) is 13.5. The van der Waals surface area contributed by atoms with Crippen molar-refractivity contribution in [3.63, 3.8) is 0 Å². The summed E-state index contributed by atoms with van der Waals surface area (Å²) in [5.74, 6) is -1.05. The summed E-state index contributed by atoms with van der Waals surface area (Å²) in [4.78, 5) is 25.1. The predicted molar refractivity (Wildman–Crippen MR) is 134 cm³/mol.